The Kier molecular flexibility index (Phi) is 4.10. The summed E-state index contributed by atoms with van der Waals surface area (Å²) in [6.45, 7) is 0. The Bertz CT molecular complexity index is 2110. The molecule has 0 saturated carbocycles. The molecule has 3 heterocycles. The van der Waals surface area contributed by atoms with Crippen LogP contribution in [0.25, 0.3) is 70.1 Å². The van der Waals surface area contributed by atoms with E-state index in [4.69, 9.17) is 9.97 Å². The zero-order valence-corrected chi connectivity index (χ0v) is 20.0. The van der Waals surface area contributed by atoms with Crippen LogP contribution in [0.3, 0.4) is 0 Å². The number of nitrogens with zero attached hydrogens (tertiary/aromatic N) is 3. The average molecular weight is 478 g/mol. The largest absolute Gasteiger partial charge is 0.292 e. The van der Waals surface area contributed by atoms with Crippen molar-refractivity contribution in [1.82, 2.24) is 14.5 Å². The molecule has 3 nitrogen and oxygen atoms in total. The van der Waals surface area contributed by atoms with E-state index in [2.05, 4.69) is 114 Å². The van der Waals surface area contributed by atoms with Crippen molar-refractivity contribution < 1.29 is 0 Å². The lowest BCUT2D eigenvalue weighted by molar-refractivity contribution is 1.12. The summed E-state index contributed by atoms with van der Waals surface area (Å²) in [6, 6.07) is 40.6. The minimum Gasteiger partial charge on any atom is -0.292 e. The third-order valence-corrected chi connectivity index (χ3v) is 8.15. The second-order valence-corrected chi connectivity index (χ2v) is 10.1. The Morgan fingerprint density at radius 2 is 1.28 bits per heavy atom. The van der Waals surface area contributed by atoms with Crippen molar-refractivity contribution in [2.45, 2.75) is 0 Å². The minimum atomic E-state index is 0.953. The van der Waals surface area contributed by atoms with Crippen molar-refractivity contribution in [1.29, 1.82) is 0 Å². The summed E-state index contributed by atoms with van der Waals surface area (Å²) in [5.41, 5.74) is 5.39. The van der Waals surface area contributed by atoms with Gasteiger partial charge >= 0.3 is 0 Å². The predicted molar refractivity (Wildman–Crippen MR) is 152 cm³/mol. The molecule has 0 spiro atoms. The minimum absolute atomic E-state index is 0.953. The summed E-state index contributed by atoms with van der Waals surface area (Å²) in [4.78, 5) is 11.3. The molecule has 5 aromatic carbocycles. The van der Waals surface area contributed by atoms with Crippen LogP contribution in [0.15, 0.2) is 115 Å². The summed E-state index contributed by atoms with van der Waals surface area (Å²) in [7, 11) is 0. The zero-order valence-electron chi connectivity index (χ0n) is 19.2. The van der Waals surface area contributed by atoms with Crippen LogP contribution in [0, 0.1) is 0 Å². The van der Waals surface area contributed by atoms with Gasteiger partial charge in [-0.1, -0.05) is 78.9 Å². The van der Waals surface area contributed by atoms with E-state index >= 15 is 0 Å². The van der Waals surface area contributed by atoms with E-state index in [1.165, 1.54) is 26.2 Å². The smallest absolute Gasteiger partial charge is 0.147 e. The summed E-state index contributed by atoms with van der Waals surface area (Å²) < 4.78 is 3.54. The lowest BCUT2D eigenvalue weighted by Crippen LogP contribution is -1.98. The molecule has 4 heteroatoms. The maximum atomic E-state index is 5.19. The third-order valence-electron chi connectivity index (χ3n) is 7.00. The van der Waals surface area contributed by atoms with Gasteiger partial charge < -0.3 is 0 Å². The fourth-order valence-corrected chi connectivity index (χ4v) is 6.53. The second-order valence-electron chi connectivity index (χ2n) is 9.08. The van der Waals surface area contributed by atoms with E-state index in [0.717, 1.165) is 43.8 Å². The lowest BCUT2D eigenvalue weighted by Gasteiger charge is -2.13. The Hall–Kier alpha value is -4.54. The fourth-order valence-electron chi connectivity index (χ4n) is 5.35. The van der Waals surface area contributed by atoms with Gasteiger partial charge in [-0.3, -0.25) is 4.57 Å². The van der Waals surface area contributed by atoms with Crippen LogP contribution in [0.4, 0.5) is 0 Å². The van der Waals surface area contributed by atoms with E-state index in [-0.39, 0.29) is 0 Å². The number of hydrogen-bond donors (Lipinski definition) is 0. The van der Waals surface area contributed by atoms with Gasteiger partial charge in [0.25, 0.3) is 0 Å². The van der Waals surface area contributed by atoms with Crippen molar-refractivity contribution in [2.75, 3.05) is 0 Å². The normalized spacial score (nSPS) is 11.9. The first-order valence-corrected chi connectivity index (χ1v) is 12.8. The number of rotatable bonds is 2. The highest BCUT2D eigenvalue weighted by Gasteiger charge is 2.20. The Labute approximate surface area is 210 Å². The predicted octanol–water partition coefficient (Wildman–Crippen LogP) is 8.76. The Morgan fingerprint density at radius 1 is 0.556 bits per heavy atom. The van der Waals surface area contributed by atoms with Crippen molar-refractivity contribution >= 4 is 64.3 Å². The number of hydrogen-bond acceptors (Lipinski definition) is 3. The van der Waals surface area contributed by atoms with Gasteiger partial charge in [-0.2, -0.15) is 0 Å². The van der Waals surface area contributed by atoms with Crippen LogP contribution in [0.1, 0.15) is 0 Å². The number of imidazole rings is 1. The van der Waals surface area contributed by atoms with Gasteiger partial charge in [0.2, 0.25) is 0 Å². The molecule has 0 aliphatic rings. The molecule has 0 aliphatic heterocycles. The van der Waals surface area contributed by atoms with Gasteiger partial charge in [-0.05, 0) is 41.8 Å². The molecule has 3 aromatic heterocycles. The molecular weight excluding hydrogens is 458 g/mol. The molecule has 0 amide bonds. The molecule has 0 bridgehead atoms. The Morgan fingerprint density at radius 3 is 2.22 bits per heavy atom. The molecule has 0 saturated heterocycles. The molecule has 168 valence electrons. The van der Waals surface area contributed by atoms with Crippen molar-refractivity contribution in [2.24, 2.45) is 0 Å². The number of benzene rings is 5. The molecule has 36 heavy (non-hydrogen) atoms. The van der Waals surface area contributed by atoms with E-state index in [0.29, 0.717) is 0 Å². The number of para-hydroxylation sites is 3. The SMILES string of the molecule is c1ccc2nc3sc4c(-c5nc6ccccc6n5-c5cccc6ccccc56)cccc4c3cc2c1. The molecule has 0 radical (unpaired) electrons. The van der Waals surface area contributed by atoms with Crippen LogP contribution in [-0.2, 0) is 0 Å². The monoisotopic (exact) mass is 477 g/mol. The number of pyridine rings is 1. The summed E-state index contributed by atoms with van der Waals surface area (Å²) in [5.74, 6) is 0.953. The first kappa shape index (κ1) is 19.7. The van der Waals surface area contributed by atoms with E-state index in [1.54, 1.807) is 11.3 Å². The van der Waals surface area contributed by atoms with Gasteiger partial charge in [0.1, 0.15) is 10.7 Å². The van der Waals surface area contributed by atoms with Gasteiger partial charge in [0.05, 0.1) is 22.2 Å². The van der Waals surface area contributed by atoms with Crippen LogP contribution in [0.5, 0.6) is 0 Å². The number of aromatic nitrogens is 3. The lowest BCUT2D eigenvalue weighted by atomic mass is 10.1. The molecule has 8 aromatic rings. The van der Waals surface area contributed by atoms with Crippen LogP contribution in [0.2, 0.25) is 0 Å². The third kappa shape index (κ3) is 2.79. The first-order chi connectivity index (χ1) is 17.8. The maximum Gasteiger partial charge on any atom is 0.147 e. The topological polar surface area (TPSA) is 30.7 Å². The van der Waals surface area contributed by atoms with E-state index in [9.17, 15) is 0 Å². The quantitative estimate of drug-likeness (QED) is 0.249. The van der Waals surface area contributed by atoms with E-state index in [1.807, 2.05) is 6.07 Å². The number of thiophene rings is 1. The molecule has 0 unspecified atom stereocenters. The maximum absolute atomic E-state index is 5.19. The van der Waals surface area contributed by atoms with Crippen LogP contribution >= 0.6 is 11.3 Å². The fraction of sp³-hybridized carbons (Fsp3) is 0. The highest BCUT2D eigenvalue weighted by atomic mass is 32.1. The molecule has 8 rings (SSSR count). The van der Waals surface area contributed by atoms with Crippen LogP contribution in [-0.4, -0.2) is 14.5 Å². The number of fused-ring (bicyclic) bond motifs is 6. The highest BCUT2D eigenvalue weighted by Crippen LogP contribution is 2.41. The first-order valence-electron chi connectivity index (χ1n) is 12.0. The van der Waals surface area contributed by atoms with Gasteiger partial charge in [-0.25, -0.2) is 9.97 Å². The standard InChI is InChI=1S/C32H19N3S/c1-3-12-22-20(9-1)11-7-18-28(22)35-29-17-6-5-16-27(29)33-31(35)24-14-8-13-23-25-19-21-10-2-4-15-26(21)34-32(25)36-30(23)24/h1-19H. The van der Waals surface area contributed by atoms with Gasteiger partial charge in [0.15, 0.2) is 0 Å². The second kappa shape index (κ2) is 7.48. The molecule has 0 atom stereocenters. The summed E-state index contributed by atoms with van der Waals surface area (Å²) in [5, 5.41) is 6.01. The molecule has 0 aliphatic carbocycles. The highest BCUT2D eigenvalue weighted by molar-refractivity contribution is 7.26. The average Bonchev–Trinajstić information content (AvgIpc) is 3.49. The van der Waals surface area contributed by atoms with Crippen molar-refractivity contribution in [3.8, 4) is 17.1 Å². The van der Waals surface area contributed by atoms with Gasteiger partial charge in [0, 0.05) is 31.8 Å². The summed E-state index contributed by atoms with van der Waals surface area (Å²) >= 11 is 1.75. The van der Waals surface area contributed by atoms with Crippen LogP contribution < -0.4 is 0 Å². The molecule has 0 fully saturated rings. The Balaban J connectivity index is 1.49. The molecule has 0 N–H and O–H groups in total. The van der Waals surface area contributed by atoms with E-state index < -0.39 is 0 Å². The summed E-state index contributed by atoms with van der Waals surface area (Å²) in [6.07, 6.45) is 0. The van der Waals surface area contributed by atoms with Crippen molar-refractivity contribution in [3.05, 3.63) is 115 Å². The zero-order chi connectivity index (χ0) is 23.6. The van der Waals surface area contributed by atoms with Gasteiger partial charge in [-0.15, -0.1) is 11.3 Å². The van der Waals surface area contributed by atoms with Crippen molar-refractivity contribution in [3.63, 3.8) is 0 Å². The molecular formula is C32H19N3S.